The largest absolute Gasteiger partial charge is 0.385 e. The second-order valence-electron chi connectivity index (χ2n) is 5.27. The summed E-state index contributed by atoms with van der Waals surface area (Å²) in [6.45, 7) is 3.94. The first kappa shape index (κ1) is 15.3. The molecule has 0 unspecified atom stereocenters. The summed E-state index contributed by atoms with van der Waals surface area (Å²) >= 11 is 0. The Morgan fingerprint density at radius 1 is 1.30 bits per heavy atom. The van der Waals surface area contributed by atoms with Gasteiger partial charge in [-0.25, -0.2) is 9.97 Å². The normalized spacial score (nSPS) is 11.3. The van der Waals surface area contributed by atoms with Gasteiger partial charge in [-0.2, -0.15) is 5.10 Å². The first-order valence-electron chi connectivity index (χ1n) is 7.45. The van der Waals surface area contributed by atoms with Crippen LogP contribution in [0.15, 0.2) is 12.5 Å². The van der Waals surface area contributed by atoms with Crippen molar-refractivity contribution in [3.05, 3.63) is 24.2 Å². The second kappa shape index (κ2) is 6.69. The van der Waals surface area contributed by atoms with E-state index < -0.39 is 0 Å². The molecule has 0 spiro atoms. The van der Waals surface area contributed by atoms with Gasteiger partial charge in [-0.15, -0.1) is 10.2 Å². The van der Waals surface area contributed by atoms with Gasteiger partial charge in [-0.3, -0.25) is 4.68 Å². The zero-order valence-electron chi connectivity index (χ0n) is 13.5. The lowest BCUT2D eigenvalue weighted by Gasteiger charge is -2.09. The molecule has 0 bridgehead atoms. The Bertz CT molecular complexity index is 793. The summed E-state index contributed by atoms with van der Waals surface area (Å²) in [5.74, 6) is 2.31. The molecule has 3 aromatic rings. The Hall–Kier alpha value is -2.55. The standard InChI is InChI=1S/C14H20N8O/c1-10-18-13(11-7-17-21(2)14(11)19-10)15-8-12-20-16-9-22(12)5-4-6-23-3/h7,9H,4-6,8H2,1-3H3,(H,15,18,19). The fraction of sp³-hybridized carbons (Fsp3) is 0.500. The summed E-state index contributed by atoms with van der Waals surface area (Å²) < 4.78 is 8.83. The highest BCUT2D eigenvalue weighted by molar-refractivity contribution is 5.86. The van der Waals surface area contributed by atoms with E-state index in [0.29, 0.717) is 19.0 Å². The van der Waals surface area contributed by atoms with Gasteiger partial charge in [0.25, 0.3) is 0 Å². The molecular formula is C14H20N8O. The fourth-order valence-corrected chi connectivity index (χ4v) is 2.41. The van der Waals surface area contributed by atoms with Crippen molar-refractivity contribution < 1.29 is 4.74 Å². The van der Waals surface area contributed by atoms with Crippen LogP contribution < -0.4 is 5.32 Å². The molecule has 0 fully saturated rings. The van der Waals surface area contributed by atoms with E-state index >= 15 is 0 Å². The molecule has 0 amide bonds. The minimum absolute atomic E-state index is 0.535. The Morgan fingerprint density at radius 2 is 2.17 bits per heavy atom. The lowest BCUT2D eigenvalue weighted by atomic mass is 10.3. The van der Waals surface area contributed by atoms with Gasteiger partial charge in [-0.05, 0) is 13.3 Å². The third-order valence-electron chi connectivity index (χ3n) is 3.56. The van der Waals surface area contributed by atoms with E-state index in [1.807, 2.05) is 18.5 Å². The number of nitrogens with one attached hydrogen (secondary N) is 1. The van der Waals surface area contributed by atoms with Crippen molar-refractivity contribution >= 4 is 16.9 Å². The van der Waals surface area contributed by atoms with Crippen LogP contribution in [0.25, 0.3) is 11.0 Å². The van der Waals surface area contributed by atoms with Crippen molar-refractivity contribution in [2.45, 2.75) is 26.4 Å². The van der Waals surface area contributed by atoms with Gasteiger partial charge in [0.1, 0.15) is 18.0 Å². The molecule has 0 aromatic carbocycles. The number of anilines is 1. The first-order valence-corrected chi connectivity index (χ1v) is 7.45. The van der Waals surface area contributed by atoms with E-state index in [1.165, 1.54) is 0 Å². The highest BCUT2D eigenvalue weighted by atomic mass is 16.5. The zero-order chi connectivity index (χ0) is 16.2. The fourth-order valence-electron chi connectivity index (χ4n) is 2.41. The van der Waals surface area contributed by atoms with Crippen molar-refractivity contribution in [1.82, 2.24) is 34.5 Å². The van der Waals surface area contributed by atoms with E-state index in [4.69, 9.17) is 4.74 Å². The summed E-state index contributed by atoms with van der Waals surface area (Å²) in [6, 6.07) is 0. The highest BCUT2D eigenvalue weighted by Gasteiger charge is 2.11. The third-order valence-corrected chi connectivity index (χ3v) is 3.56. The minimum atomic E-state index is 0.535. The molecule has 1 N–H and O–H groups in total. The maximum absolute atomic E-state index is 5.08. The van der Waals surface area contributed by atoms with Gasteiger partial charge in [0.2, 0.25) is 0 Å². The van der Waals surface area contributed by atoms with Crippen LogP contribution in [0.5, 0.6) is 0 Å². The topological polar surface area (TPSA) is 95.6 Å². The lowest BCUT2D eigenvalue weighted by Crippen LogP contribution is -2.11. The maximum atomic E-state index is 5.08. The summed E-state index contributed by atoms with van der Waals surface area (Å²) in [4.78, 5) is 8.88. The quantitative estimate of drug-likeness (QED) is 0.647. The summed E-state index contributed by atoms with van der Waals surface area (Å²) in [6.07, 6.45) is 4.42. The highest BCUT2D eigenvalue weighted by Crippen LogP contribution is 2.19. The van der Waals surface area contributed by atoms with Crippen LogP contribution in [0.1, 0.15) is 18.1 Å². The Labute approximate surface area is 133 Å². The molecule has 0 aliphatic carbocycles. The molecule has 0 radical (unpaired) electrons. The van der Waals surface area contributed by atoms with E-state index in [0.717, 1.165) is 35.6 Å². The maximum Gasteiger partial charge on any atom is 0.163 e. The SMILES string of the molecule is COCCCn1cnnc1CNc1nc(C)nc2c1cnn2C. The second-order valence-corrected chi connectivity index (χ2v) is 5.27. The summed E-state index contributed by atoms with van der Waals surface area (Å²) in [5, 5.41) is 16.6. The average Bonchev–Trinajstić information content (AvgIpc) is 3.13. The molecule has 9 heteroatoms. The number of aromatic nitrogens is 7. The Kier molecular flexibility index (Phi) is 4.47. The lowest BCUT2D eigenvalue weighted by molar-refractivity contribution is 0.190. The monoisotopic (exact) mass is 316 g/mol. The van der Waals surface area contributed by atoms with E-state index in [-0.39, 0.29) is 0 Å². The molecular weight excluding hydrogens is 296 g/mol. The van der Waals surface area contributed by atoms with Gasteiger partial charge in [-0.1, -0.05) is 0 Å². The van der Waals surface area contributed by atoms with Crippen LogP contribution in [0.3, 0.4) is 0 Å². The van der Waals surface area contributed by atoms with E-state index in [2.05, 4.69) is 30.6 Å². The molecule has 9 nitrogen and oxygen atoms in total. The average molecular weight is 316 g/mol. The number of ether oxygens (including phenoxy) is 1. The van der Waals surface area contributed by atoms with Crippen LogP contribution in [-0.4, -0.2) is 48.2 Å². The molecule has 0 saturated carbocycles. The number of nitrogens with zero attached hydrogens (tertiary/aromatic N) is 7. The molecule has 3 aromatic heterocycles. The van der Waals surface area contributed by atoms with Gasteiger partial charge in [0, 0.05) is 27.3 Å². The predicted molar refractivity (Wildman–Crippen MR) is 84.9 cm³/mol. The molecule has 3 heterocycles. The van der Waals surface area contributed by atoms with E-state index in [9.17, 15) is 0 Å². The van der Waals surface area contributed by atoms with Crippen LogP contribution in [-0.2, 0) is 24.9 Å². The Balaban J connectivity index is 1.75. The molecule has 0 atom stereocenters. The van der Waals surface area contributed by atoms with Crippen LogP contribution in [0, 0.1) is 6.92 Å². The van der Waals surface area contributed by atoms with Crippen LogP contribution >= 0.6 is 0 Å². The number of hydrogen-bond donors (Lipinski definition) is 1. The molecule has 0 saturated heterocycles. The zero-order valence-corrected chi connectivity index (χ0v) is 13.5. The minimum Gasteiger partial charge on any atom is -0.385 e. The smallest absolute Gasteiger partial charge is 0.163 e. The van der Waals surface area contributed by atoms with Gasteiger partial charge >= 0.3 is 0 Å². The van der Waals surface area contributed by atoms with Gasteiger partial charge in [0.15, 0.2) is 11.5 Å². The van der Waals surface area contributed by atoms with Crippen molar-refractivity contribution in [2.24, 2.45) is 7.05 Å². The number of hydrogen-bond acceptors (Lipinski definition) is 7. The summed E-state index contributed by atoms with van der Waals surface area (Å²) in [7, 11) is 3.57. The molecule has 0 aliphatic rings. The van der Waals surface area contributed by atoms with Gasteiger partial charge < -0.3 is 14.6 Å². The van der Waals surface area contributed by atoms with Gasteiger partial charge in [0.05, 0.1) is 18.1 Å². The molecule has 122 valence electrons. The molecule has 3 rings (SSSR count). The predicted octanol–water partition coefficient (Wildman–Crippen LogP) is 0.912. The number of rotatable bonds is 7. The van der Waals surface area contributed by atoms with E-state index in [1.54, 1.807) is 24.3 Å². The first-order chi connectivity index (χ1) is 11.2. The number of aryl methyl sites for hydroxylation is 3. The number of methoxy groups -OCH3 is 1. The van der Waals surface area contributed by atoms with Crippen molar-refractivity contribution in [3.8, 4) is 0 Å². The van der Waals surface area contributed by atoms with Crippen molar-refractivity contribution in [1.29, 1.82) is 0 Å². The van der Waals surface area contributed by atoms with Crippen molar-refractivity contribution in [3.63, 3.8) is 0 Å². The molecule has 0 aliphatic heterocycles. The Morgan fingerprint density at radius 3 is 3.00 bits per heavy atom. The third kappa shape index (κ3) is 3.29. The van der Waals surface area contributed by atoms with Crippen LogP contribution in [0.2, 0.25) is 0 Å². The number of fused-ring (bicyclic) bond motifs is 1. The molecule has 23 heavy (non-hydrogen) atoms. The van der Waals surface area contributed by atoms with Crippen LogP contribution in [0.4, 0.5) is 5.82 Å². The summed E-state index contributed by atoms with van der Waals surface area (Å²) in [5.41, 5.74) is 0.807. The van der Waals surface area contributed by atoms with Crippen molar-refractivity contribution in [2.75, 3.05) is 19.0 Å².